The van der Waals surface area contributed by atoms with Crippen LogP contribution in [0.15, 0.2) is 55.0 Å². The summed E-state index contributed by atoms with van der Waals surface area (Å²) in [5, 5.41) is 23.3. The molecule has 0 aliphatic carbocycles. The van der Waals surface area contributed by atoms with E-state index in [9.17, 15) is 14.4 Å². The molecule has 2 aromatic heterocycles. The van der Waals surface area contributed by atoms with Gasteiger partial charge in [0.1, 0.15) is 12.2 Å². The van der Waals surface area contributed by atoms with E-state index in [1.54, 1.807) is 48.7 Å². The third-order valence-corrected chi connectivity index (χ3v) is 6.37. The van der Waals surface area contributed by atoms with E-state index in [2.05, 4.69) is 51.5 Å². The van der Waals surface area contributed by atoms with Gasteiger partial charge in [-0.2, -0.15) is 4.68 Å². The number of nitrogens with one attached hydrogen (secondary N) is 5. The Hall–Kier alpha value is -5.08. The van der Waals surface area contributed by atoms with Gasteiger partial charge in [-0.05, 0) is 52.9 Å². The van der Waals surface area contributed by atoms with Crippen LogP contribution in [0.2, 0.25) is 5.02 Å². The first-order valence-electron chi connectivity index (χ1n) is 12.5. The van der Waals surface area contributed by atoms with Crippen molar-refractivity contribution in [3.8, 4) is 16.9 Å². The van der Waals surface area contributed by atoms with Crippen molar-refractivity contribution in [2.45, 2.75) is 12.5 Å². The van der Waals surface area contributed by atoms with Crippen LogP contribution in [-0.4, -0.2) is 68.3 Å². The van der Waals surface area contributed by atoms with Gasteiger partial charge in [0.05, 0.1) is 36.4 Å². The molecule has 3 amide bonds. The van der Waals surface area contributed by atoms with E-state index in [1.165, 1.54) is 24.2 Å². The van der Waals surface area contributed by atoms with Crippen LogP contribution in [0.1, 0.15) is 23.9 Å². The van der Waals surface area contributed by atoms with Crippen LogP contribution in [0, 0.1) is 0 Å². The number of ether oxygens (including phenoxy) is 1. The third-order valence-electron chi connectivity index (χ3n) is 6.13. The number of hydrogen-bond donors (Lipinski definition) is 5. The van der Waals surface area contributed by atoms with E-state index < -0.39 is 12.1 Å². The number of rotatable bonds is 5. The van der Waals surface area contributed by atoms with Gasteiger partial charge < -0.3 is 25.7 Å². The average molecular weight is 577 g/mol. The summed E-state index contributed by atoms with van der Waals surface area (Å²) in [6.07, 6.45) is 5.62. The van der Waals surface area contributed by atoms with Gasteiger partial charge in [-0.15, -0.1) is 5.10 Å². The summed E-state index contributed by atoms with van der Waals surface area (Å²) in [6.45, 7) is 0.677. The predicted molar refractivity (Wildman–Crippen MR) is 150 cm³/mol. The minimum Gasteiger partial charge on any atom is -0.453 e. The topological polar surface area (TPSA) is 181 Å². The summed E-state index contributed by atoms with van der Waals surface area (Å²) in [6, 6.07) is 9.67. The summed E-state index contributed by atoms with van der Waals surface area (Å²) >= 11 is 6.18. The molecule has 2 aromatic carbocycles. The van der Waals surface area contributed by atoms with Crippen molar-refractivity contribution in [1.82, 2.24) is 40.8 Å². The van der Waals surface area contributed by atoms with Crippen molar-refractivity contribution in [1.29, 1.82) is 0 Å². The number of fused-ring (bicyclic) bond motifs is 4. The number of halogens is 1. The fourth-order valence-electron chi connectivity index (χ4n) is 4.18. The van der Waals surface area contributed by atoms with Gasteiger partial charge >= 0.3 is 6.09 Å². The predicted octanol–water partition coefficient (Wildman–Crippen LogP) is 2.69. The molecule has 2 bridgehead atoms. The highest BCUT2D eigenvalue weighted by atomic mass is 35.5. The molecular weight excluding hydrogens is 552 g/mol. The lowest BCUT2D eigenvalue weighted by molar-refractivity contribution is -0.117. The fourth-order valence-corrected chi connectivity index (χ4v) is 4.36. The van der Waals surface area contributed by atoms with Crippen LogP contribution in [0.3, 0.4) is 0 Å². The molecule has 1 atom stereocenters. The molecule has 0 fully saturated rings. The van der Waals surface area contributed by atoms with Gasteiger partial charge in [0, 0.05) is 47.4 Å². The maximum atomic E-state index is 13.0. The van der Waals surface area contributed by atoms with Crippen molar-refractivity contribution < 1.29 is 19.1 Å². The molecule has 0 saturated carbocycles. The lowest BCUT2D eigenvalue weighted by atomic mass is 10.1. The highest BCUT2D eigenvalue weighted by Crippen LogP contribution is 2.31. The molecule has 4 aromatic rings. The van der Waals surface area contributed by atoms with Crippen LogP contribution in [0.25, 0.3) is 23.0 Å². The molecule has 1 aliphatic heterocycles. The SMILES string of the molecule is COC(=O)Nc1ccc2c(c1)NC(=O)CCNC[C@H](NC(=O)C=Cc1cc(Cl)ccc1-n1cnnn1)c1ncc-2[nH]1. The van der Waals surface area contributed by atoms with Gasteiger partial charge in [-0.1, -0.05) is 11.6 Å². The minimum atomic E-state index is -0.632. The number of carbonyl (C=O) groups is 3. The zero-order valence-electron chi connectivity index (χ0n) is 21.7. The van der Waals surface area contributed by atoms with Crippen LogP contribution < -0.4 is 21.3 Å². The summed E-state index contributed by atoms with van der Waals surface area (Å²) in [5.74, 6) is -0.0835. The first-order chi connectivity index (χ1) is 19.9. The molecule has 210 valence electrons. The van der Waals surface area contributed by atoms with Gasteiger partial charge in [-0.3, -0.25) is 14.9 Å². The molecule has 5 rings (SSSR count). The Kier molecular flexibility index (Phi) is 8.31. The summed E-state index contributed by atoms with van der Waals surface area (Å²) in [7, 11) is 1.26. The van der Waals surface area contributed by atoms with Crippen LogP contribution in [0.4, 0.5) is 16.2 Å². The van der Waals surface area contributed by atoms with Gasteiger partial charge in [0.2, 0.25) is 11.8 Å². The Morgan fingerprint density at radius 1 is 1.22 bits per heavy atom. The number of amides is 3. The van der Waals surface area contributed by atoms with Gasteiger partial charge in [0.25, 0.3) is 0 Å². The zero-order chi connectivity index (χ0) is 28.8. The Morgan fingerprint density at radius 2 is 2.10 bits per heavy atom. The van der Waals surface area contributed by atoms with E-state index in [0.717, 1.165) is 0 Å². The first-order valence-corrected chi connectivity index (χ1v) is 12.8. The number of carbonyl (C=O) groups excluding carboxylic acids is 3. The van der Waals surface area contributed by atoms with Crippen molar-refractivity contribution in [3.63, 3.8) is 0 Å². The van der Waals surface area contributed by atoms with E-state index in [0.29, 0.717) is 57.8 Å². The molecule has 3 heterocycles. The third kappa shape index (κ3) is 6.74. The number of H-pyrrole nitrogens is 1. The van der Waals surface area contributed by atoms with E-state index >= 15 is 0 Å². The van der Waals surface area contributed by atoms with Crippen LogP contribution in [0.5, 0.6) is 0 Å². The number of methoxy groups -OCH3 is 1. The number of nitrogens with zero attached hydrogens (tertiary/aromatic N) is 5. The number of anilines is 2. The molecule has 0 unspecified atom stereocenters. The van der Waals surface area contributed by atoms with Crippen molar-refractivity contribution in [2.75, 3.05) is 30.8 Å². The monoisotopic (exact) mass is 576 g/mol. The highest BCUT2D eigenvalue weighted by Gasteiger charge is 2.20. The molecule has 41 heavy (non-hydrogen) atoms. The Bertz CT molecular complexity index is 1600. The van der Waals surface area contributed by atoms with Crippen molar-refractivity contribution in [2.24, 2.45) is 0 Å². The second-order valence-corrected chi connectivity index (χ2v) is 9.35. The summed E-state index contributed by atoms with van der Waals surface area (Å²) in [5.41, 5.74) is 3.47. The maximum Gasteiger partial charge on any atom is 0.411 e. The summed E-state index contributed by atoms with van der Waals surface area (Å²) in [4.78, 5) is 45.0. The lowest BCUT2D eigenvalue weighted by Crippen LogP contribution is -2.36. The number of benzene rings is 2. The van der Waals surface area contributed by atoms with Gasteiger partial charge in [-0.25, -0.2) is 9.78 Å². The number of aromatic amines is 1. The normalized spacial score (nSPS) is 15.3. The Balaban J connectivity index is 1.38. The Labute approximate surface area is 238 Å². The van der Waals surface area contributed by atoms with Gasteiger partial charge in [0.15, 0.2) is 0 Å². The van der Waals surface area contributed by atoms with Crippen LogP contribution in [-0.2, 0) is 14.3 Å². The zero-order valence-corrected chi connectivity index (χ0v) is 22.5. The van der Waals surface area contributed by atoms with E-state index in [4.69, 9.17) is 11.6 Å². The van der Waals surface area contributed by atoms with E-state index in [1.807, 2.05) is 0 Å². The number of imidazole rings is 1. The average Bonchev–Trinajstić information content (AvgIpc) is 3.66. The van der Waals surface area contributed by atoms with Crippen molar-refractivity contribution in [3.05, 3.63) is 71.4 Å². The molecule has 15 heteroatoms. The smallest absolute Gasteiger partial charge is 0.411 e. The molecule has 0 spiro atoms. The standard InChI is InChI=1S/C26H25ClN10O4/c1-41-26(40)31-17-4-5-18-19(11-17)32-24(39)8-9-28-12-21(25-29-13-20(18)34-25)33-23(38)7-2-15-10-16(27)3-6-22(15)37-14-30-35-36-37/h2-7,10-11,13-14,21,28H,8-9,12H2,1H3,(H,29,34)(H,31,40)(H,32,39)(H,33,38)/t21-/m0/s1. The minimum absolute atomic E-state index is 0.183. The molecule has 5 N–H and O–H groups in total. The summed E-state index contributed by atoms with van der Waals surface area (Å²) < 4.78 is 6.12. The molecule has 1 aliphatic rings. The maximum absolute atomic E-state index is 13.0. The molecule has 14 nitrogen and oxygen atoms in total. The second-order valence-electron chi connectivity index (χ2n) is 8.91. The second kappa shape index (κ2) is 12.4. The van der Waals surface area contributed by atoms with Crippen LogP contribution >= 0.6 is 11.6 Å². The largest absolute Gasteiger partial charge is 0.453 e. The van der Waals surface area contributed by atoms with E-state index in [-0.39, 0.29) is 18.2 Å². The number of tetrazole rings is 1. The molecular formula is C26H25ClN10O4. The molecule has 0 radical (unpaired) electrons. The number of hydrogen-bond acceptors (Lipinski definition) is 9. The van der Waals surface area contributed by atoms with Crippen molar-refractivity contribution >= 4 is 47.0 Å². The quantitative estimate of drug-likeness (QED) is 0.223. The molecule has 0 saturated heterocycles. The first kappa shape index (κ1) is 27.5. The Morgan fingerprint density at radius 3 is 2.90 bits per heavy atom. The highest BCUT2D eigenvalue weighted by molar-refractivity contribution is 6.30. The fraction of sp³-hybridized carbons (Fsp3) is 0.192. The lowest BCUT2D eigenvalue weighted by Gasteiger charge is -2.18. The number of aromatic nitrogens is 6.